The number of carbonyl (C=O) groups excluding carboxylic acids is 1. The van der Waals surface area contributed by atoms with Crippen LogP contribution in [0.25, 0.3) is 0 Å². The maximum atomic E-state index is 13.0. The van der Waals surface area contributed by atoms with Crippen molar-refractivity contribution in [2.24, 2.45) is 5.92 Å². The molecule has 160 valence electrons. The molecular weight excluding hydrogens is 362 g/mol. The second-order valence-corrected chi connectivity index (χ2v) is 8.50. The third kappa shape index (κ3) is 5.41. The Hall–Kier alpha value is -1.83. The molecule has 1 aliphatic rings. The molecule has 4 nitrogen and oxygen atoms in total. The van der Waals surface area contributed by atoms with Gasteiger partial charge in [-0.25, -0.2) is 4.79 Å². The monoisotopic (exact) mass is 400 g/mol. The number of hydrogen-bond acceptors (Lipinski definition) is 3. The molecule has 1 aliphatic carbocycles. The summed E-state index contributed by atoms with van der Waals surface area (Å²) in [6, 6.07) is 9.74. The molecule has 1 fully saturated rings. The molecule has 1 unspecified atom stereocenters. The first-order valence-electron chi connectivity index (χ1n) is 11.2. The number of ether oxygens (including phenoxy) is 1. The first-order chi connectivity index (χ1) is 13.9. The van der Waals surface area contributed by atoms with Gasteiger partial charge >= 0.3 is 5.97 Å². The van der Waals surface area contributed by atoms with E-state index in [0.29, 0.717) is 11.6 Å². The molecule has 0 aromatic heterocycles. The van der Waals surface area contributed by atoms with Gasteiger partial charge in [-0.05, 0) is 52.0 Å². The lowest BCUT2D eigenvalue weighted by Crippen LogP contribution is -2.53. The highest BCUT2D eigenvalue weighted by Gasteiger charge is 2.47. The Morgan fingerprint density at radius 1 is 1.14 bits per heavy atom. The van der Waals surface area contributed by atoms with Crippen LogP contribution in [0, 0.1) is 17.8 Å². The fraction of sp³-hybridized carbons (Fsp3) is 0.640. The molecule has 1 atom stereocenters. The van der Waals surface area contributed by atoms with Crippen molar-refractivity contribution >= 4 is 5.97 Å². The van der Waals surface area contributed by atoms with Gasteiger partial charge in [-0.1, -0.05) is 55.5 Å². The summed E-state index contributed by atoms with van der Waals surface area (Å²) in [5.74, 6) is 5.52. The molecule has 0 spiro atoms. The molecule has 2 rings (SSSR count). The number of rotatable bonds is 8. The van der Waals surface area contributed by atoms with Crippen molar-refractivity contribution in [3.8, 4) is 11.8 Å². The van der Waals surface area contributed by atoms with Gasteiger partial charge < -0.3 is 14.3 Å². The van der Waals surface area contributed by atoms with Crippen LogP contribution in [0.4, 0.5) is 0 Å². The van der Waals surface area contributed by atoms with E-state index >= 15 is 0 Å². The second kappa shape index (κ2) is 10.8. The Bertz CT molecular complexity index is 694. The average Bonchev–Trinajstić information content (AvgIpc) is 2.76. The number of nitrogens with zero attached hydrogens (tertiary/aromatic N) is 1. The minimum atomic E-state index is -1.59. The SMILES string of the molecule is CC[N+](CC)(CC#CCOC(=O)C(O)(c1ccccc1)C1CCCCC1)C(C)C. The van der Waals surface area contributed by atoms with Gasteiger partial charge in [0, 0.05) is 5.92 Å². The fourth-order valence-electron chi connectivity index (χ4n) is 4.57. The minimum absolute atomic E-state index is 0.0201. The zero-order valence-electron chi connectivity index (χ0n) is 18.6. The highest BCUT2D eigenvalue weighted by Crippen LogP contribution is 2.40. The average molecular weight is 401 g/mol. The molecule has 29 heavy (non-hydrogen) atoms. The Labute approximate surface area is 176 Å². The topological polar surface area (TPSA) is 46.5 Å². The van der Waals surface area contributed by atoms with Gasteiger partial charge in [0.1, 0.15) is 6.54 Å². The summed E-state index contributed by atoms with van der Waals surface area (Å²) in [6.45, 7) is 11.6. The molecule has 0 radical (unpaired) electrons. The number of carbonyl (C=O) groups is 1. The zero-order valence-corrected chi connectivity index (χ0v) is 18.6. The van der Waals surface area contributed by atoms with Crippen LogP contribution in [0.2, 0.25) is 0 Å². The second-order valence-electron chi connectivity index (χ2n) is 8.50. The molecule has 0 amide bonds. The predicted octanol–water partition coefficient (Wildman–Crippen LogP) is 4.27. The highest BCUT2D eigenvalue weighted by atomic mass is 16.5. The van der Waals surface area contributed by atoms with Crippen LogP contribution in [-0.4, -0.2) is 47.8 Å². The quantitative estimate of drug-likeness (QED) is 0.403. The van der Waals surface area contributed by atoms with Gasteiger partial charge in [0.05, 0.1) is 19.1 Å². The lowest BCUT2D eigenvalue weighted by Gasteiger charge is -2.39. The summed E-state index contributed by atoms with van der Waals surface area (Å²) < 4.78 is 6.42. The summed E-state index contributed by atoms with van der Waals surface area (Å²) >= 11 is 0. The maximum absolute atomic E-state index is 13.0. The molecule has 0 bridgehead atoms. The minimum Gasteiger partial charge on any atom is -0.450 e. The summed E-state index contributed by atoms with van der Waals surface area (Å²) in [5, 5.41) is 11.5. The lowest BCUT2D eigenvalue weighted by molar-refractivity contribution is -0.938. The molecular formula is C25H38NO3+. The number of quaternary nitrogens is 1. The van der Waals surface area contributed by atoms with Gasteiger partial charge in [0.2, 0.25) is 0 Å². The summed E-state index contributed by atoms with van der Waals surface area (Å²) in [6.07, 6.45) is 4.92. The largest absolute Gasteiger partial charge is 0.450 e. The Morgan fingerprint density at radius 2 is 1.76 bits per heavy atom. The fourth-order valence-corrected chi connectivity index (χ4v) is 4.57. The van der Waals surface area contributed by atoms with Crippen LogP contribution in [0.1, 0.15) is 65.4 Å². The van der Waals surface area contributed by atoms with Crippen molar-refractivity contribution in [3.05, 3.63) is 35.9 Å². The molecule has 1 N–H and O–H groups in total. The van der Waals surface area contributed by atoms with Crippen molar-refractivity contribution in [2.75, 3.05) is 26.2 Å². The van der Waals surface area contributed by atoms with E-state index in [1.54, 1.807) is 0 Å². The number of aliphatic hydroxyl groups is 1. The lowest BCUT2D eigenvalue weighted by atomic mass is 9.73. The van der Waals surface area contributed by atoms with Gasteiger partial charge in [0.15, 0.2) is 12.2 Å². The van der Waals surface area contributed by atoms with Gasteiger partial charge in [-0.15, -0.1) is 0 Å². The third-order valence-electron chi connectivity index (χ3n) is 6.87. The molecule has 1 aromatic rings. The first kappa shape index (κ1) is 23.4. The number of benzene rings is 1. The van der Waals surface area contributed by atoms with E-state index < -0.39 is 11.6 Å². The van der Waals surface area contributed by atoms with Crippen molar-refractivity contribution in [1.29, 1.82) is 0 Å². The molecule has 1 saturated carbocycles. The van der Waals surface area contributed by atoms with Crippen LogP contribution < -0.4 is 0 Å². The third-order valence-corrected chi connectivity index (χ3v) is 6.87. The first-order valence-corrected chi connectivity index (χ1v) is 11.2. The number of hydrogen-bond donors (Lipinski definition) is 1. The van der Waals surface area contributed by atoms with Gasteiger partial charge in [-0.2, -0.15) is 0 Å². The zero-order chi connectivity index (χ0) is 21.3. The van der Waals surface area contributed by atoms with Crippen molar-refractivity contribution in [2.45, 2.75) is 71.4 Å². The standard InChI is InChI=1S/C25H38NO3/c1-5-26(6-2,21(3)4)19-13-14-20-29-24(27)25(28,22-15-9-7-10-16-22)23-17-11-8-12-18-23/h7,9-10,15-16,21,23,28H,5-6,8,11-12,17-20H2,1-4H3/q+1. The van der Waals surface area contributed by atoms with Gasteiger partial charge in [-0.3, -0.25) is 0 Å². The van der Waals surface area contributed by atoms with Crippen LogP contribution in [0.15, 0.2) is 30.3 Å². The van der Waals surface area contributed by atoms with E-state index in [0.717, 1.165) is 56.2 Å². The smallest absolute Gasteiger partial charge is 0.344 e. The molecule has 1 aromatic carbocycles. The van der Waals surface area contributed by atoms with E-state index in [1.807, 2.05) is 30.3 Å². The van der Waals surface area contributed by atoms with Crippen LogP contribution >= 0.6 is 0 Å². The van der Waals surface area contributed by atoms with E-state index in [9.17, 15) is 9.90 Å². The highest BCUT2D eigenvalue weighted by molar-refractivity contribution is 5.81. The molecule has 4 heteroatoms. The van der Waals surface area contributed by atoms with Crippen molar-refractivity contribution in [1.82, 2.24) is 0 Å². The van der Waals surface area contributed by atoms with E-state index in [4.69, 9.17) is 4.74 Å². The van der Waals surface area contributed by atoms with E-state index in [2.05, 4.69) is 39.5 Å². The van der Waals surface area contributed by atoms with Crippen LogP contribution in [0.5, 0.6) is 0 Å². The summed E-state index contributed by atoms with van der Waals surface area (Å²) in [7, 11) is 0. The number of esters is 1. The van der Waals surface area contributed by atoms with E-state index in [1.165, 1.54) is 0 Å². The van der Waals surface area contributed by atoms with Crippen molar-refractivity contribution in [3.63, 3.8) is 0 Å². The molecule has 0 aliphatic heterocycles. The van der Waals surface area contributed by atoms with E-state index in [-0.39, 0.29) is 12.5 Å². The Morgan fingerprint density at radius 3 is 2.31 bits per heavy atom. The predicted molar refractivity (Wildman–Crippen MR) is 117 cm³/mol. The van der Waals surface area contributed by atoms with Crippen LogP contribution in [0.3, 0.4) is 0 Å². The molecule has 0 saturated heterocycles. The van der Waals surface area contributed by atoms with Crippen LogP contribution in [-0.2, 0) is 15.1 Å². The Kier molecular flexibility index (Phi) is 8.74. The summed E-state index contributed by atoms with van der Waals surface area (Å²) in [4.78, 5) is 13.0. The maximum Gasteiger partial charge on any atom is 0.344 e. The molecule has 0 heterocycles. The van der Waals surface area contributed by atoms with Gasteiger partial charge in [0.25, 0.3) is 0 Å². The Balaban J connectivity index is 2.08. The normalized spacial score (nSPS) is 17.3. The van der Waals surface area contributed by atoms with Crippen molar-refractivity contribution < 1.29 is 19.1 Å². The summed E-state index contributed by atoms with van der Waals surface area (Å²) in [5.41, 5.74) is -0.967.